The molecule has 4 heteroatoms. The van der Waals surface area contributed by atoms with Crippen molar-refractivity contribution in [1.29, 1.82) is 0 Å². The number of likely N-dealkylation sites (N-methyl/N-ethyl adjacent to an activating group) is 1. The van der Waals surface area contributed by atoms with Gasteiger partial charge in [-0.3, -0.25) is 4.99 Å². The summed E-state index contributed by atoms with van der Waals surface area (Å²) in [5, 5.41) is 3.19. The molecule has 2 rings (SSSR count). The Morgan fingerprint density at radius 3 is 2.95 bits per heavy atom. The lowest BCUT2D eigenvalue weighted by Crippen LogP contribution is -2.30. The largest absolute Gasteiger partial charge is 0.370 e. The Morgan fingerprint density at radius 2 is 2.30 bits per heavy atom. The van der Waals surface area contributed by atoms with Crippen molar-refractivity contribution in [3.05, 3.63) is 29.8 Å². The zero-order valence-electron chi connectivity index (χ0n) is 12.8. The minimum absolute atomic E-state index is 0.506. The summed E-state index contributed by atoms with van der Waals surface area (Å²) in [6.07, 6.45) is 2.48. The number of aliphatic imine (C=N–C) groups is 1. The predicted molar refractivity (Wildman–Crippen MR) is 86.3 cm³/mol. The highest BCUT2D eigenvalue weighted by Crippen LogP contribution is 2.18. The standard InChI is InChI=1S/C16H26N4/c1-12(2)13-6-4-7-14(10-13)19-16(17)18-11-15-8-5-9-20(15)3/h4,6-7,10,12,15H,5,8-9,11H2,1-3H3,(H3,17,18,19). The molecule has 1 fully saturated rings. The van der Waals surface area contributed by atoms with Crippen molar-refractivity contribution in [2.45, 2.75) is 38.6 Å². The molecular formula is C16H26N4. The lowest BCUT2D eigenvalue weighted by molar-refractivity contribution is 0.317. The highest BCUT2D eigenvalue weighted by Gasteiger charge is 2.19. The normalized spacial score (nSPS) is 20.6. The Balaban J connectivity index is 1.93. The minimum atomic E-state index is 0.506. The molecule has 0 aromatic heterocycles. The molecule has 1 heterocycles. The first-order valence-electron chi connectivity index (χ1n) is 7.43. The molecule has 0 amide bonds. The first-order valence-corrected chi connectivity index (χ1v) is 7.43. The molecule has 1 atom stereocenters. The van der Waals surface area contributed by atoms with Crippen molar-refractivity contribution in [2.24, 2.45) is 10.7 Å². The fourth-order valence-corrected chi connectivity index (χ4v) is 2.58. The van der Waals surface area contributed by atoms with E-state index in [9.17, 15) is 0 Å². The number of hydrogen-bond acceptors (Lipinski definition) is 2. The Bertz CT molecular complexity index is 467. The van der Waals surface area contributed by atoms with Gasteiger partial charge in [-0.25, -0.2) is 0 Å². The van der Waals surface area contributed by atoms with Gasteiger partial charge in [0.15, 0.2) is 5.96 Å². The van der Waals surface area contributed by atoms with Crippen molar-refractivity contribution in [1.82, 2.24) is 4.90 Å². The predicted octanol–water partition coefficient (Wildman–Crippen LogP) is 2.63. The number of benzene rings is 1. The summed E-state index contributed by atoms with van der Waals surface area (Å²) < 4.78 is 0. The number of guanidine groups is 1. The van der Waals surface area contributed by atoms with E-state index in [2.05, 4.69) is 54.3 Å². The molecule has 1 saturated heterocycles. The summed E-state index contributed by atoms with van der Waals surface area (Å²) in [7, 11) is 2.16. The van der Waals surface area contributed by atoms with E-state index in [1.807, 2.05) is 6.07 Å². The van der Waals surface area contributed by atoms with E-state index in [-0.39, 0.29) is 0 Å². The third kappa shape index (κ3) is 3.97. The highest BCUT2D eigenvalue weighted by molar-refractivity contribution is 5.92. The van der Waals surface area contributed by atoms with Crippen LogP contribution in [0.4, 0.5) is 5.69 Å². The summed E-state index contributed by atoms with van der Waals surface area (Å²) in [5.41, 5.74) is 8.29. The van der Waals surface area contributed by atoms with Crippen LogP contribution in [0.5, 0.6) is 0 Å². The van der Waals surface area contributed by atoms with Crippen molar-refractivity contribution in [3.63, 3.8) is 0 Å². The molecule has 1 aromatic carbocycles. The molecule has 0 spiro atoms. The fourth-order valence-electron chi connectivity index (χ4n) is 2.58. The van der Waals surface area contributed by atoms with Gasteiger partial charge in [-0.1, -0.05) is 26.0 Å². The van der Waals surface area contributed by atoms with Crippen molar-refractivity contribution >= 4 is 11.6 Å². The van der Waals surface area contributed by atoms with Crippen LogP contribution in [0, 0.1) is 0 Å². The van der Waals surface area contributed by atoms with Gasteiger partial charge < -0.3 is 16.0 Å². The van der Waals surface area contributed by atoms with E-state index in [1.165, 1.54) is 24.9 Å². The quantitative estimate of drug-likeness (QED) is 0.655. The maximum atomic E-state index is 5.98. The number of anilines is 1. The Hall–Kier alpha value is -1.55. The maximum absolute atomic E-state index is 5.98. The van der Waals surface area contributed by atoms with E-state index in [0.29, 0.717) is 17.9 Å². The van der Waals surface area contributed by atoms with Crippen LogP contribution in [0.15, 0.2) is 29.3 Å². The molecule has 1 aliphatic heterocycles. The molecule has 20 heavy (non-hydrogen) atoms. The van der Waals surface area contributed by atoms with Crippen LogP contribution >= 0.6 is 0 Å². The summed E-state index contributed by atoms with van der Waals surface area (Å²) in [6.45, 7) is 6.32. The second kappa shape index (κ2) is 6.75. The van der Waals surface area contributed by atoms with E-state index >= 15 is 0 Å². The van der Waals surface area contributed by atoms with Crippen LogP contribution in [-0.2, 0) is 0 Å². The molecule has 1 aliphatic rings. The number of hydrogen-bond donors (Lipinski definition) is 2. The number of likely N-dealkylation sites (tertiary alicyclic amines) is 1. The second-order valence-corrected chi connectivity index (χ2v) is 5.91. The lowest BCUT2D eigenvalue weighted by atomic mass is 10.0. The van der Waals surface area contributed by atoms with E-state index in [0.717, 1.165) is 12.2 Å². The zero-order chi connectivity index (χ0) is 14.5. The second-order valence-electron chi connectivity index (χ2n) is 5.91. The number of rotatable bonds is 4. The summed E-state index contributed by atoms with van der Waals surface area (Å²) >= 11 is 0. The molecule has 3 N–H and O–H groups in total. The van der Waals surface area contributed by atoms with Crippen molar-refractivity contribution < 1.29 is 0 Å². The Morgan fingerprint density at radius 1 is 1.50 bits per heavy atom. The van der Waals surface area contributed by atoms with Gasteiger partial charge >= 0.3 is 0 Å². The van der Waals surface area contributed by atoms with E-state index < -0.39 is 0 Å². The van der Waals surface area contributed by atoms with Gasteiger partial charge in [0.25, 0.3) is 0 Å². The molecule has 0 radical (unpaired) electrons. The maximum Gasteiger partial charge on any atom is 0.193 e. The van der Waals surface area contributed by atoms with Crippen molar-refractivity contribution in [2.75, 3.05) is 25.5 Å². The SMILES string of the molecule is CC(C)c1cccc(NC(N)=NCC2CCCN2C)c1. The number of nitrogens with zero attached hydrogens (tertiary/aromatic N) is 2. The summed E-state index contributed by atoms with van der Waals surface area (Å²) in [6, 6.07) is 8.88. The number of nitrogens with two attached hydrogens (primary N) is 1. The van der Waals surface area contributed by atoms with Crippen LogP contribution < -0.4 is 11.1 Å². The van der Waals surface area contributed by atoms with Crippen LogP contribution in [-0.4, -0.2) is 37.0 Å². The molecule has 0 saturated carbocycles. The molecular weight excluding hydrogens is 248 g/mol. The van der Waals surface area contributed by atoms with Gasteiger partial charge in [0, 0.05) is 11.7 Å². The molecule has 1 unspecified atom stereocenters. The highest BCUT2D eigenvalue weighted by atomic mass is 15.2. The molecule has 4 nitrogen and oxygen atoms in total. The summed E-state index contributed by atoms with van der Waals surface area (Å²) in [4.78, 5) is 6.83. The van der Waals surface area contributed by atoms with Gasteiger partial charge in [-0.15, -0.1) is 0 Å². The van der Waals surface area contributed by atoms with Crippen LogP contribution in [0.1, 0.15) is 38.2 Å². The average molecular weight is 274 g/mol. The average Bonchev–Trinajstić information content (AvgIpc) is 2.82. The van der Waals surface area contributed by atoms with Gasteiger partial charge in [0.05, 0.1) is 6.54 Å². The third-order valence-corrected chi connectivity index (χ3v) is 3.97. The molecule has 0 bridgehead atoms. The van der Waals surface area contributed by atoms with Gasteiger partial charge in [0.2, 0.25) is 0 Å². The monoisotopic (exact) mass is 274 g/mol. The minimum Gasteiger partial charge on any atom is -0.370 e. The molecule has 110 valence electrons. The lowest BCUT2D eigenvalue weighted by Gasteiger charge is -2.17. The van der Waals surface area contributed by atoms with Gasteiger partial charge in [-0.2, -0.15) is 0 Å². The summed E-state index contributed by atoms with van der Waals surface area (Å²) in [5.74, 6) is 1.02. The molecule has 0 aliphatic carbocycles. The smallest absolute Gasteiger partial charge is 0.193 e. The van der Waals surface area contributed by atoms with Crippen LogP contribution in [0.2, 0.25) is 0 Å². The van der Waals surface area contributed by atoms with E-state index in [1.54, 1.807) is 0 Å². The van der Waals surface area contributed by atoms with Gasteiger partial charge in [0.1, 0.15) is 0 Å². The molecule has 1 aromatic rings. The van der Waals surface area contributed by atoms with Crippen LogP contribution in [0.25, 0.3) is 0 Å². The third-order valence-electron chi connectivity index (χ3n) is 3.97. The fraction of sp³-hybridized carbons (Fsp3) is 0.562. The zero-order valence-corrected chi connectivity index (χ0v) is 12.8. The first kappa shape index (κ1) is 14.9. The Labute approximate surface area is 122 Å². The Kier molecular flexibility index (Phi) is 5.01. The van der Waals surface area contributed by atoms with Crippen LogP contribution in [0.3, 0.4) is 0 Å². The first-order chi connectivity index (χ1) is 9.56. The number of nitrogens with one attached hydrogen (secondary N) is 1. The van der Waals surface area contributed by atoms with E-state index in [4.69, 9.17) is 5.73 Å². The van der Waals surface area contributed by atoms with Crippen molar-refractivity contribution in [3.8, 4) is 0 Å². The topological polar surface area (TPSA) is 53.6 Å². The van der Waals surface area contributed by atoms with Gasteiger partial charge in [-0.05, 0) is 50.0 Å².